The molecule has 2 saturated heterocycles. The van der Waals surface area contributed by atoms with Crippen molar-refractivity contribution >= 4 is 11.6 Å². The van der Waals surface area contributed by atoms with E-state index in [2.05, 4.69) is 41.0 Å². The van der Waals surface area contributed by atoms with Crippen LogP contribution in [-0.2, 0) is 4.79 Å². The number of carbonyl (C=O) groups excluding carboxylic acids is 1. The summed E-state index contributed by atoms with van der Waals surface area (Å²) in [5, 5.41) is 0. The number of piperidine rings is 1. The molecule has 1 amide bonds. The van der Waals surface area contributed by atoms with Crippen molar-refractivity contribution in [2.45, 2.75) is 32.1 Å². The van der Waals surface area contributed by atoms with Crippen molar-refractivity contribution in [3.8, 4) is 0 Å². The number of hydrogen-bond acceptors (Lipinski definition) is 3. The van der Waals surface area contributed by atoms with Crippen LogP contribution in [0.2, 0.25) is 0 Å². The van der Waals surface area contributed by atoms with Crippen LogP contribution in [0.15, 0.2) is 24.3 Å². The van der Waals surface area contributed by atoms with Crippen LogP contribution in [0.4, 0.5) is 14.5 Å². The smallest absolute Gasteiger partial charge is 0.251 e. The summed E-state index contributed by atoms with van der Waals surface area (Å²) in [7, 11) is 0. The lowest BCUT2D eigenvalue weighted by atomic mass is 10.1. The van der Waals surface area contributed by atoms with Crippen LogP contribution in [0.3, 0.4) is 0 Å². The number of alkyl halides is 2. The average Bonchev–Trinajstić information content (AvgIpc) is 2.60. The van der Waals surface area contributed by atoms with E-state index in [1.165, 1.54) is 11.3 Å². The van der Waals surface area contributed by atoms with Crippen LogP contribution in [0.25, 0.3) is 0 Å². The molecule has 0 atom stereocenters. The van der Waals surface area contributed by atoms with Gasteiger partial charge in [-0.05, 0) is 24.6 Å². The van der Waals surface area contributed by atoms with E-state index < -0.39 is 5.92 Å². The molecular formula is C19H27F2N3O. The largest absolute Gasteiger partial charge is 0.369 e. The molecule has 4 nitrogen and oxygen atoms in total. The molecule has 0 aliphatic carbocycles. The van der Waals surface area contributed by atoms with Crippen molar-refractivity contribution in [3.05, 3.63) is 29.8 Å². The van der Waals surface area contributed by atoms with E-state index in [-0.39, 0.29) is 31.8 Å². The number of carbonyl (C=O) groups is 1. The van der Waals surface area contributed by atoms with Gasteiger partial charge >= 0.3 is 0 Å². The topological polar surface area (TPSA) is 26.8 Å². The Hall–Kier alpha value is -1.69. The standard InChI is InChI=1S/C19H27F2N3O/c1-16-3-2-4-17(15-16)23-13-11-22(12-14-23)8-5-18(25)24-9-6-19(20,21)7-10-24/h2-4,15H,5-14H2,1H3. The van der Waals surface area contributed by atoms with Gasteiger partial charge in [0, 0.05) is 70.8 Å². The van der Waals surface area contributed by atoms with Crippen LogP contribution >= 0.6 is 0 Å². The molecule has 1 aromatic carbocycles. The molecule has 6 heteroatoms. The molecule has 138 valence electrons. The van der Waals surface area contributed by atoms with Gasteiger partial charge in [-0.25, -0.2) is 8.78 Å². The first-order chi connectivity index (χ1) is 11.9. The van der Waals surface area contributed by atoms with E-state index in [1.807, 2.05) is 0 Å². The maximum atomic E-state index is 13.2. The van der Waals surface area contributed by atoms with E-state index in [9.17, 15) is 13.6 Å². The van der Waals surface area contributed by atoms with E-state index in [0.717, 1.165) is 26.2 Å². The predicted molar refractivity (Wildman–Crippen MR) is 95.2 cm³/mol. The monoisotopic (exact) mass is 351 g/mol. The van der Waals surface area contributed by atoms with E-state index in [4.69, 9.17) is 0 Å². The highest BCUT2D eigenvalue weighted by Crippen LogP contribution is 2.27. The lowest BCUT2D eigenvalue weighted by molar-refractivity contribution is -0.137. The van der Waals surface area contributed by atoms with E-state index in [0.29, 0.717) is 13.0 Å². The quantitative estimate of drug-likeness (QED) is 0.835. The van der Waals surface area contributed by atoms with Crippen LogP contribution in [0, 0.1) is 6.92 Å². The van der Waals surface area contributed by atoms with Crippen molar-refractivity contribution in [2.24, 2.45) is 0 Å². The Morgan fingerprint density at radius 2 is 1.76 bits per heavy atom. The summed E-state index contributed by atoms with van der Waals surface area (Å²) in [6.45, 7) is 6.95. The zero-order chi connectivity index (χ0) is 17.9. The number of amides is 1. The highest BCUT2D eigenvalue weighted by atomic mass is 19.3. The van der Waals surface area contributed by atoms with Gasteiger partial charge in [0.05, 0.1) is 0 Å². The molecule has 0 bridgehead atoms. The molecule has 2 aliphatic rings. The zero-order valence-electron chi connectivity index (χ0n) is 14.9. The van der Waals surface area contributed by atoms with Crippen molar-refractivity contribution in [1.82, 2.24) is 9.80 Å². The first-order valence-corrected chi connectivity index (χ1v) is 9.12. The van der Waals surface area contributed by atoms with Crippen molar-refractivity contribution in [3.63, 3.8) is 0 Å². The number of benzene rings is 1. The molecule has 2 aliphatic heterocycles. The van der Waals surface area contributed by atoms with Gasteiger partial charge in [-0.1, -0.05) is 12.1 Å². The summed E-state index contributed by atoms with van der Waals surface area (Å²) in [6.07, 6.45) is 0.0256. The van der Waals surface area contributed by atoms with Gasteiger partial charge < -0.3 is 9.80 Å². The number of hydrogen-bond donors (Lipinski definition) is 0. The third-order valence-corrected chi connectivity index (χ3v) is 5.23. The molecule has 1 aromatic rings. The van der Waals surface area contributed by atoms with Gasteiger partial charge in [0.1, 0.15) is 0 Å². The molecule has 0 unspecified atom stereocenters. The average molecular weight is 351 g/mol. The fourth-order valence-corrected chi connectivity index (χ4v) is 3.55. The molecule has 2 heterocycles. The second kappa shape index (κ2) is 7.68. The maximum absolute atomic E-state index is 13.2. The minimum absolute atomic E-state index is 0.0108. The minimum atomic E-state index is -2.59. The first kappa shape index (κ1) is 18.1. The van der Waals surface area contributed by atoms with Gasteiger partial charge in [0.2, 0.25) is 5.91 Å². The molecule has 0 aromatic heterocycles. The highest BCUT2D eigenvalue weighted by Gasteiger charge is 2.35. The van der Waals surface area contributed by atoms with E-state index >= 15 is 0 Å². The zero-order valence-corrected chi connectivity index (χ0v) is 14.9. The lowest BCUT2D eigenvalue weighted by Gasteiger charge is -2.37. The fraction of sp³-hybridized carbons (Fsp3) is 0.632. The Morgan fingerprint density at radius 3 is 2.40 bits per heavy atom. The number of likely N-dealkylation sites (tertiary alicyclic amines) is 1. The Balaban J connectivity index is 1.40. The molecule has 3 rings (SSSR count). The molecular weight excluding hydrogens is 324 g/mol. The van der Waals surface area contributed by atoms with Crippen molar-refractivity contribution in [2.75, 3.05) is 50.7 Å². The number of piperazine rings is 1. The second-order valence-electron chi connectivity index (χ2n) is 7.15. The van der Waals surface area contributed by atoms with Crippen molar-refractivity contribution in [1.29, 1.82) is 0 Å². The fourth-order valence-electron chi connectivity index (χ4n) is 3.55. The summed E-state index contributed by atoms with van der Waals surface area (Å²) in [6, 6.07) is 8.52. The highest BCUT2D eigenvalue weighted by molar-refractivity contribution is 5.76. The SMILES string of the molecule is Cc1cccc(N2CCN(CCC(=O)N3CCC(F)(F)CC3)CC2)c1. The second-order valence-corrected chi connectivity index (χ2v) is 7.15. The molecule has 0 radical (unpaired) electrons. The summed E-state index contributed by atoms with van der Waals surface area (Å²) < 4.78 is 26.3. The molecule has 0 spiro atoms. The predicted octanol–water partition coefficient (Wildman–Crippen LogP) is 2.76. The molecule has 25 heavy (non-hydrogen) atoms. The molecule has 0 N–H and O–H groups in total. The summed E-state index contributed by atoms with van der Waals surface area (Å²) in [5.74, 6) is -2.58. The molecule has 2 fully saturated rings. The van der Waals surface area contributed by atoms with Gasteiger partial charge in [-0.3, -0.25) is 9.69 Å². The number of nitrogens with zero attached hydrogens (tertiary/aromatic N) is 3. The number of anilines is 1. The summed E-state index contributed by atoms with van der Waals surface area (Å²) in [5.41, 5.74) is 2.52. The number of halogens is 2. The van der Waals surface area contributed by atoms with Crippen LogP contribution < -0.4 is 4.90 Å². The van der Waals surface area contributed by atoms with Gasteiger partial charge in [0.15, 0.2) is 0 Å². The lowest BCUT2D eigenvalue weighted by Crippen LogP contribution is -2.48. The third-order valence-electron chi connectivity index (χ3n) is 5.23. The Morgan fingerprint density at radius 1 is 1.08 bits per heavy atom. The van der Waals surface area contributed by atoms with Crippen LogP contribution in [0.5, 0.6) is 0 Å². The number of rotatable bonds is 4. The van der Waals surface area contributed by atoms with Crippen LogP contribution in [-0.4, -0.2) is 67.4 Å². The van der Waals surface area contributed by atoms with Gasteiger partial charge in [0.25, 0.3) is 5.92 Å². The summed E-state index contributed by atoms with van der Waals surface area (Å²) >= 11 is 0. The Labute approximate surface area is 148 Å². The van der Waals surface area contributed by atoms with Gasteiger partial charge in [-0.15, -0.1) is 0 Å². The third kappa shape index (κ3) is 4.91. The van der Waals surface area contributed by atoms with Crippen molar-refractivity contribution < 1.29 is 13.6 Å². The number of aryl methyl sites for hydroxylation is 1. The Bertz CT molecular complexity index is 590. The molecule has 0 saturated carbocycles. The van der Waals surface area contributed by atoms with Crippen LogP contribution in [0.1, 0.15) is 24.8 Å². The summed E-state index contributed by atoms with van der Waals surface area (Å²) in [4.78, 5) is 18.5. The minimum Gasteiger partial charge on any atom is -0.369 e. The first-order valence-electron chi connectivity index (χ1n) is 9.12. The normalized spacial score (nSPS) is 21.4. The van der Waals surface area contributed by atoms with Gasteiger partial charge in [-0.2, -0.15) is 0 Å². The van der Waals surface area contributed by atoms with E-state index in [1.54, 1.807) is 4.90 Å². The Kier molecular flexibility index (Phi) is 5.57. The maximum Gasteiger partial charge on any atom is 0.251 e.